The monoisotopic (exact) mass is 312 g/mol. The van der Waals surface area contributed by atoms with E-state index in [2.05, 4.69) is 99.3 Å². The Hall–Kier alpha value is -2.60. The van der Waals surface area contributed by atoms with Crippen LogP contribution in [0.1, 0.15) is 25.8 Å². The van der Waals surface area contributed by atoms with E-state index in [1.165, 1.54) is 33.4 Å². The lowest BCUT2D eigenvalue weighted by Gasteiger charge is -2.16. The lowest BCUT2D eigenvalue weighted by Crippen LogP contribution is -1.97. The van der Waals surface area contributed by atoms with Gasteiger partial charge in [0.2, 0.25) is 0 Å². The molecule has 3 aromatic carbocycles. The predicted octanol–water partition coefficient (Wildman–Crippen LogP) is 7.08. The van der Waals surface area contributed by atoms with Gasteiger partial charge in [-0.25, -0.2) is 0 Å². The fourth-order valence-electron chi connectivity index (χ4n) is 2.94. The van der Waals surface area contributed by atoms with Gasteiger partial charge in [-0.1, -0.05) is 81.1 Å². The molecule has 0 unspecified atom stereocenters. The van der Waals surface area contributed by atoms with Crippen LogP contribution < -0.4 is 0 Å². The van der Waals surface area contributed by atoms with Crippen molar-refractivity contribution in [1.29, 1.82) is 0 Å². The average molecular weight is 312 g/mol. The van der Waals surface area contributed by atoms with Gasteiger partial charge in [-0.15, -0.1) is 0 Å². The van der Waals surface area contributed by atoms with Crippen molar-refractivity contribution < 1.29 is 0 Å². The molecule has 0 nitrogen and oxygen atoms in total. The average Bonchev–Trinajstić information content (AvgIpc) is 2.67. The molecule has 0 aliphatic heterocycles. The Labute approximate surface area is 145 Å². The normalized spacial score (nSPS) is 11.9. The summed E-state index contributed by atoms with van der Waals surface area (Å²) in [6.07, 6.45) is 1.11. The quantitative estimate of drug-likeness (QED) is 0.472. The molecule has 0 heterocycles. The smallest absolute Gasteiger partial charge is 0.0172 e. The van der Waals surface area contributed by atoms with Crippen LogP contribution >= 0.6 is 0 Å². The Kier molecular flexibility index (Phi) is 4.96. The van der Waals surface area contributed by atoms with Crippen molar-refractivity contribution in [2.45, 2.75) is 20.3 Å². The minimum Gasteiger partial charge on any atom is -0.0950 e. The lowest BCUT2D eigenvalue weighted by atomic mass is 9.88. The first kappa shape index (κ1) is 16.3. The Morgan fingerprint density at radius 3 is 1.62 bits per heavy atom. The van der Waals surface area contributed by atoms with Gasteiger partial charge in [0.1, 0.15) is 0 Å². The molecule has 0 aliphatic carbocycles. The summed E-state index contributed by atoms with van der Waals surface area (Å²) in [6, 6.07) is 28.0. The molecule has 24 heavy (non-hydrogen) atoms. The van der Waals surface area contributed by atoms with E-state index in [-0.39, 0.29) is 0 Å². The van der Waals surface area contributed by atoms with Crippen LogP contribution in [-0.2, 0) is 0 Å². The molecule has 1 atom stereocenters. The van der Waals surface area contributed by atoms with E-state index >= 15 is 0 Å². The molecule has 0 aliphatic rings. The number of hydrogen-bond donors (Lipinski definition) is 0. The van der Waals surface area contributed by atoms with Crippen LogP contribution in [0.15, 0.2) is 85.4 Å². The molecule has 120 valence electrons. The van der Waals surface area contributed by atoms with Gasteiger partial charge >= 0.3 is 0 Å². The minimum atomic E-state index is 0.486. The van der Waals surface area contributed by atoms with Crippen molar-refractivity contribution in [3.8, 4) is 22.3 Å². The molecule has 0 bridgehead atoms. The van der Waals surface area contributed by atoms with Crippen molar-refractivity contribution in [3.05, 3.63) is 91.0 Å². The summed E-state index contributed by atoms with van der Waals surface area (Å²) < 4.78 is 0. The zero-order valence-electron chi connectivity index (χ0n) is 14.5. The number of benzene rings is 3. The second-order valence-corrected chi connectivity index (χ2v) is 6.37. The summed E-state index contributed by atoms with van der Waals surface area (Å²) in [5.41, 5.74) is 7.44. The molecule has 0 N–H and O–H groups in total. The van der Waals surface area contributed by atoms with Crippen molar-refractivity contribution in [2.24, 2.45) is 5.92 Å². The lowest BCUT2D eigenvalue weighted by molar-refractivity contribution is 0.719. The first-order valence-corrected chi connectivity index (χ1v) is 8.64. The van der Waals surface area contributed by atoms with E-state index < -0.39 is 0 Å². The highest BCUT2D eigenvalue weighted by molar-refractivity contribution is 5.80. The van der Waals surface area contributed by atoms with E-state index in [1.807, 2.05) is 0 Å². The SMILES string of the molecule is C=C(c1cc(-c2ccccc2)cc(-c2ccccc2)c1)[C@H](C)CC. The van der Waals surface area contributed by atoms with Crippen LogP contribution in [0.5, 0.6) is 0 Å². The maximum Gasteiger partial charge on any atom is -0.0172 e. The Morgan fingerprint density at radius 2 is 1.21 bits per heavy atom. The summed E-state index contributed by atoms with van der Waals surface area (Å²) in [5, 5.41) is 0. The molecular weight excluding hydrogens is 288 g/mol. The third-order valence-electron chi connectivity index (χ3n) is 4.73. The Morgan fingerprint density at radius 1 is 0.750 bits per heavy atom. The summed E-state index contributed by atoms with van der Waals surface area (Å²) in [7, 11) is 0. The standard InChI is InChI=1S/C24H24/c1-4-18(2)19(3)22-15-23(20-11-7-5-8-12-20)17-24(16-22)21-13-9-6-10-14-21/h5-18H,3-4H2,1-2H3/t18-/m1/s1. The molecule has 0 aromatic heterocycles. The summed E-state index contributed by atoms with van der Waals surface area (Å²) in [6.45, 7) is 8.83. The first-order valence-electron chi connectivity index (χ1n) is 8.64. The van der Waals surface area contributed by atoms with Gasteiger partial charge in [0.05, 0.1) is 0 Å². The van der Waals surface area contributed by atoms with Crippen LogP contribution in [0.2, 0.25) is 0 Å². The molecule has 0 radical (unpaired) electrons. The van der Waals surface area contributed by atoms with Crippen LogP contribution in [0.4, 0.5) is 0 Å². The summed E-state index contributed by atoms with van der Waals surface area (Å²) in [4.78, 5) is 0. The topological polar surface area (TPSA) is 0 Å². The number of allylic oxidation sites excluding steroid dienone is 1. The van der Waals surface area contributed by atoms with Crippen molar-refractivity contribution in [1.82, 2.24) is 0 Å². The van der Waals surface area contributed by atoms with Gasteiger partial charge in [-0.05, 0) is 63.9 Å². The molecule has 0 fully saturated rings. The van der Waals surface area contributed by atoms with Crippen molar-refractivity contribution in [2.75, 3.05) is 0 Å². The van der Waals surface area contributed by atoms with Gasteiger partial charge in [-0.3, -0.25) is 0 Å². The zero-order valence-corrected chi connectivity index (χ0v) is 14.5. The van der Waals surface area contributed by atoms with Gasteiger partial charge in [0, 0.05) is 0 Å². The van der Waals surface area contributed by atoms with E-state index in [0.29, 0.717) is 5.92 Å². The molecule has 3 aromatic rings. The van der Waals surface area contributed by atoms with Gasteiger partial charge in [0.25, 0.3) is 0 Å². The highest BCUT2D eigenvalue weighted by Gasteiger charge is 2.11. The van der Waals surface area contributed by atoms with Crippen LogP contribution in [-0.4, -0.2) is 0 Å². The van der Waals surface area contributed by atoms with E-state index in [4.69, 9.17) is 0 Å². The number of rotatable bonds is 5. The third-order valence-corrected chi connectivity index (χ3v) is 4.73. The molecular formula is C24H24. The molecule has 3 rings (SSSR count). The minimum absolute atomic E-state index is 0.486. The zero-order chi connectivity index (χ0) is 16.9. The van der Waals surface area contributed by atoms with Crippen molar-refractivity contribution >= 4 is 5.57 Å². The van der Waals surface area contributed by atoms with E-state index in [1.54, 1.807) is 0 Å². The Balaban J connectivity index is 2.14. The Bertz CT molecular complexity index is 755. The summed E-state index contributed by atoms with van der Waals surface area (Å²) >= 11 is 0. The number of hydrogen-bond acceptors (Lipinski definition) is 0. The fraction of sp³-hybridized carbons (Fsp3) is 0.167. The molecule has 0 amide bonds. The fourth-order valence-corrected chi connectivity index (χ4v) is 2.94. The predicted molar refractivity (Wildman–Crippen MR) is 106 cm³/mol. The summed E-state index contributed by atoms with van der Waals surface area (Å²) in [5.74, 6) is 0.486. The van der Waals surface area contributed by atoms with Gasteiger partial charge in [0.15, 0.2) is 0 Å². The van der Waals surface area contributed by atoms with Crippen LogP contribution in [0, 0.1) is 5.92 Å². The highest BCUT2D eigenvalue weighted by atomic mass is 14.2. The largest absolute Gasteiger partial charge is 0.0950 e. The maximum atomic E-state index is 4.37. The van der Waals surface area contributed by atoms with Crippen LogP contribution in [0.3, 0.4) is 0 Å². The maximum absolute atomic E-state index is 4.37. The molecule has 0 saturated carbocycles. The molecule has 0 heteroatoms. The second-order valence-electron chi connectivity index (χ2n) is 6.37. The third kappa shape index (κ3) is 3.49. The highest BCUT2D eigenvalue weighted by Crippen LogP contribution is 2.33. The van der Waals surface area contributed by atoms with Crippen LogP contribution in [0.25, 0.3) is 27.8 Å². The molecule has 0 spiro atoms. The second kappa shape index (κ2) is 7.31. The van der Waals surface area contributed by atoms with E-state index in [0.717, 1.165) is 6.42 Å². The van der Waals surface area contributed by atoms with Gasteiger partial charge < -0.3 is 0 Å². The molecule has 0 saturated heterocycles. The van der Waals surface area contributed by atoms with Gasteiger partial charge in [-0.2, -0.15) is 0 Å². The van der Waals surface area contributed by atoms with E-state index in [9.17, 15) is 0 Å². The van der Waals surface area contributed by atoms with Crippen molar-refractivity contribution in [3.63, 3.8) is 0 Å². The first-order chi connectivity index (χ1) is 11.7.